The highest BCUT2D eigenvalue weighted by molar-refractivity contribution is 9.09. The van der Waals surface area contributed by atoms with Crippen molar-refractivity contribution in [3.05, 3.63) is 10.1 Å². The molecular formula is C4H6BrNO4. The lowest BCUT2D eigenvalue weighted by Gasteiger charge is -2.23. The van der Waals surface area contributed by atoms with Crippen LogP contribution in [0.3, 0.4) is 0 Å². The lowest BCUT2D eigenvalue weighted by molar-refractivity contribution is -0.601. The van der Waals surface area contributed by atoms with Gasteiger partial charge in [0.15, 0.2) is 6.61 Å². The summed E-state index contributed by atoms with van der Waals surface area (Å²) in [6, 6.07) is 0. The first-order chi connectivity index (χ1) is 4.65. The highest BCUT2D eigenvalue weighted by Gasteiger charge is 2.43. The summed E-state index contributed by atoms with van der Waals surface area (Å²) in [4.78, 5) is 9.68. The van der Waals surface area contributed by atoms with E-state index in [-0.39, 0.29) is 13.2 Å². The molecule has 6 heteroatoms. The SMILES string of the molecule is O=[N+]([O-])C1(Br)COCCO1. The van der Waals surface area contributed by atoms with Crippen LogP contribution in [0.1, 0.15) is 0 Å². The van der Waals surface area contributed by atoms with Gasteiger partial charge in [0.2, 0.25) is 0 Å². The summed E-state index contributed by atoms with van der Waals surface area (Å²) in [6.07, 6.45) is 0. The summed E-state index contributed by atoms with van der Waals surface area (Å²) in [7, 11) is 0. The van der Waals surface area contributed by atoms with Crippen molar-refractivity contribution >= 4 is 15.9 Å². The number of halogens is 1. The Kier molecular flexibility index (Phi) is 2.22. The minimum absolute atomic E-state index is 0.0417. The van der Waals surface area contributed by atoms with Crippen LogP contribution in [0.2, 0.25) is 0 Å². The Morgan fingerprint density at radius 2 is 2.30 bits per heavy atom. The number of ether oxygens (including phenoxy) is 2. The minimum atomic E-state index is -1.51. The molecule has 0 aromatic rings. The quantitative estimate of drug-likeness (QED) is 0.272. The zero-order valence-electron chi connectivity index (χ0n) is 5.08. The van der Waals surface area contributed by atoms with Crippen LogP contribution in [0.4, 0.5) is 0 Å². The van der Waals surface area contributed by atoms with Crippen molar-refractivity contribution in [2.75, 3.05) is 19.8 Å². The molecule has 0 saturated carbocycles. The molecule has 5 nitrogen and oxygen atoms in total. The largest absolute Gasteiger partial charge is 0.403 e. The second-order valence-electron chi connectivity index (χ2n) is 1.85. The van der Waals surface area contributed by atoms with Crippen LogP contribution < -0.4 is 0 Å². The first kappa shape index (κ1) is 7.90. The molecule has 1 atom stereocenters. The van der Waals surface area contributed by atoms with Crippen LogP contribution in [-0.2, 0) is 9.47 Å². The van der Waals surface area contributed by atoms with Gasteiger partial charge in [0, 0.05) is 15.9 Å². The topological polar surface area (TPSA) is 61.6 Å². The molecular weight excluding hydrogens is 206 g/mol. The van der Waals surface area contributed by atoms with Crippen molar-refractivity contribution in [2.45, 2.75) is 4.63 Å². The average molecular weight is 212 g/mol. The Hall–Kier alpha value is -0.200. The number of nitrogens with zero attached hydrogens (tertiary/aromatic N) is 1. The highest BCUT2D eigenvalue weighted by Crippen LogP contribution is 2.23. The molecule has 1 heterocycles. The number of hydrogen-bond acceptors (Lipinski definition) is 4. The van der Waals surface area contributed by atoms with E-state index in [4.69, 9.17) is 9.47 Å². The molecule has 0 amide bonds. The van der Waals surface area contributed by atoms with Gasteiger partial charge in [0.25, 0.3) is 0 Å². The second-order valence-corrected chi connectivity index (χ2v) is 3.09. The Labute approximate surface area is 65.6 Å². The van der Waals surface area contributed by atoms with Crippen molar-refractivity contribution in [1.82, 2.24) is 0 Å². The number of nitro groups is 1. The third-order valence-electron chi connectivity index (χ3n) is 1.10. The average Bonchev–Trinajstić information content (AvgIpc) is 1.89. The molecule has 0 aromatic heterocycles. The van der Waals surface area contributed by atoms with E-state index in [0.29, 0.717) is 6.61 Å². The summed E-state index contributed by atoms with van der Waals surface area (Å²) < 4.78 is 8.14. The summed E-state index contributed by atoms with van der Waals surface area (Å²) in [5.74, 6) is 0. The van der Waals surface area contributed by atoms with E-state index in [1.165, 1.54) is 0 Å². The van der Waals surface area contributed by atoms with Crippen LogP contribution in [0.5, 0.6) is 0 Å². The van der Waals surface area contributed by atoms with Gasteiger partial charge in [0.05, 0.1) is 18.1 Å². The van der Waals surface area contributed by atoms with E-state index < -0.39 is 9.56 Å². The first-order valence-electron chi connectivity index (χ1n) is 2.70. The molecule has 1 saturated heterocycles. The van der Waals surface area contributed by atoms with Crippen LogP contribution in [0.15, 0.2) is 0 Å². The second kappa shape index (κ2) is 2.81. The fourth-order valence-electron chi connectivity index (χ4n) is 0.602. The van der Waals surface area contributed by atoms with Gasteiger partial charge >= 0.3 is 4.63 Å². The Bertz CT molecular complexity index is 144. The summed E-state index contributed by atoms with van der Waals surface area (Å²) in [5.41, 5.74) is 0. The third-order valence-corrected chi connectivity index (χ3v) is 1.85. The zero-order valence-corrected chi connectivity index (χ0v) is 6.67. The van der Waals surface area contributed by atoms with Gasteiger partial charge in [-0.2, -0.15) is 0 Å². The monoisotopic (exact) mass is 211 g/mol. The molecule has 10 heavy (non-hydrogen) atoms. The van der Waals surface area contributed by atoms with E-state index in [1.807, 2.05) is 0 Å². The maximum atomic E-state index is 10.2. The lowest BCUT2D eigenvalue weighted by Crippen LogP contribution is -2.44. The third kappa shape index (κ3) is 1.44. The fraction of sp³-hybridized carbons (Fsp3) is 1.00. The molecule has 58 valence electrons. The molecule has 0 aromatic carbocycles. The van der Waals surface area contributed by atoms with Crippen molar-refractivity contribution in [3.63, 3.8) is 0 Å². The molecule has 0 radical (unpaired) electrons. The molecule has 1 rings (SSSR count). The molecule has 1 fully saturated rings. The molecule has 1 unspecified atom stereocenters. The predicted molar refractivity (Wildman–Crippen MR) is 35.4 cm³/mol. The Morgan fingerprint density at radius 1 is 1.60 bits per heavy atom. The molecule has 0 aliphatic carbocycles. The molecule has 0 bridgehead atoms. The van der Waals surface area contributed by atoms with Crippen molar-refractivity contribution in [2.24, 2.45) is 0 Å². The minimum Gasteiger partial charge on any atom is -0.368 e. The smallest absolute Gasteiger partial charge is 0.368 e. The molecule has 0 spiro atoms. The van der Waals surface area contributed by atoms with Crippen molar-refractivity contribution in [3.8, 4) is 0 Å². The predicted octanol–water partition coefficient (Wildman–Crippen LogP) is 0.359. The van der Waals surface area contributed by atoms with Crippen LogP contribution >= 0.6 is 15.9 Å². The van der Waals surface area contributed by atoms with E-state index in [1.54, 1.807) is 0 Å². The van der Waals surface area contributed by atoms with Crippen molar-refractivity contribution < 1.29 is 14.4 Å². The van der Waals surface area contributed by atoms with Gasteiger partial charge in [-0.1, -0.05) is 0 Å². The number of hydrogen-bond donors (Lipinski definition) is 0. The van der Waals surface area contributed by atoms with Crippen molar-refractivity contribution in [1.29, 1.82) is 0 Å². The lowest BCUT2D eigenvalue weighted by atomic mass is 10.5. The van der Waals surface area contributed by atoms with Crippen LogP contribution in [0.25, 0.3) is 0 Å². The van der Waals surface area contributed by atoms with Gasteiger partial charge in [-0.25, -0.2) is 0 Å². The van der Waals surface area contributed by atoms with Gasteiger partial charge in [0.1, 0.15) is 0 Å². The number of alkyl halides is 1. The summed E-state index contributed by atoms with van der Waals surface area (Å²) in [5, 5.41) is 10.2. The van der Waals surface area contributed by atoms with Crippen LogP contribution in [-0.4, -0.2) is 29.4 Å². The van der Waals surface area contributed by atoms with E-state index >= 15 is 0 Å². The van der Waals surface area contributed by atoms with E-state index in [9.17, 15) is 10.1 Å². The Balaban J connectivity index is 2.56. The standard InChI is InChI=1S/C4H6BrNO4/c5-4(6(7)8)3-9-1-2-10-4/h1-3H2. The molecule has 1 aliphatic heterocycles. The Morgan fingerprint density at radius 3 is 2.60 bits per heavy atom. The first-order valence-corrected chi connectivity index (χ1v) is 3.49. The molecule has 0 N–H and O–H groups in total. The normalized spacial score (nSPS) is 33.7. The van der Waals surface area contributed by atoms with Gasteiger partial charge in [-0.15, -0.1) is 0 Å². The maximum absolute atomic E-state index is 10.2. The zero-order chi connectivity index (χ0) is 7.61. The number of rotatable bonds is 1. The van der Waals surface area contributed by atoms with E-state index in [0.717, 1.165) is 0 Å². The molecule has 1 aliphatic rings. The van der Waals surface area contributed by atoms with Gasteiger partial charge in [-0.3, -0.25) is 10.1 Å². The van der Waals surface area contributed by atoms with Gasteiger partial charge in [-0.05, 0) is 0 Å². The van der Waals surface area contributed by atoms with E-state index in [2.05, 4.69) is 15.9 Å². The van der Waals surface area contributed by atoms with Gasteiger partial charge < -0.3 is 9.47 Å². The summed E-state index contributed by atoms with van der Waals surface area (Å²) >= 11 is 2.81. The summed E-state index contributed by atoms with van der Waals surface area (Å²) in [6.45, 7) is 0.632. The maximum Gasteiger partial charge on any atom is 0.403 e. The highest BCUT2D eigenvalue weighted by atomic mass is 79.9. The van der Waals surface area contributed by atoms with Crippen LogP contribution in [0, 0.1) is 10.1 Å². The fourth-order valence-corrected chi connectivity index (χ4v) is 0.926.